The molecule has 0 bridgehead atoms. The number of carbonyl (C=O) groups is 1. The lowest BCUT2D eigenvalue weighted by molar-refractivity contribution is -0.134. The lowest BCUT2D eigenvalue weighted by Crippen LogP contribution is -2.30. The minimum Gasteiger partial charge on any atom is -0.381 e. The molecule has 1 amide bonds. The summed E-state index contributed by atoms with van der Waals surface area (Å²) in [7, 11) is 3.55. The third-order valence-electron chi connectivity index (χ3n) is 2.12. The van der Waals surface area contributed by atoms with Crippen LogP contribution in [-0.4, -0.2) is 38.1 Å². The first kappa shape index (κ1) is 13.4. The molecule has 0 aromatic rings. The number of unbranched alkanes of at least 4 members (excludes halogenated alkanes) is 2. The molecule has 0 saturated carbocycles. The Morgan fingerprint density at radius 1 is 1.36 bits per heavy atom. The van der Waals surface area contributed by atoms with Crippen molar-refractivity contribution in [3.8, 4) is 0 Å². The van der Waals surface area contributed by atoms with Crippen LogP contribution in [0.5, 0.6) is 0 Å². The van der Waals surface area contributed by atoms with Crippen molar-refractivity contribution in [2.75, 3.05) is 27.3 Å². The number of ether oxygens (including phenoxy) is 1. The number of amides is 1. The van der Waals surface area contributed by atoms with Gasteiger partial charge in [0.15, 0.2) is 0 Å². The molecule has 0 fully saturated rings. The second-order valence-electron chi connectivity index (χ2n) is 3.92. The van der Waals surface area contributed by atoms with Crippen molar-refractivity contribution in [2.45, 2.75) is 33.1 Å². The van der Waals surface area contributed by atoms with Gasteiger partial charge in [-0.05, 0) is 6.42 Å². The molecule has 0 radical (unpaired) electrons. The van der Waals surface area contributed by atoms with Gasteiger partial charge in [0.2, 0.25) is 5.91 Å². The zero-order chi connectivity index (χ0) is 11.0. The monoisotopic (exact) mass is 201 g/mol. The second-order valence-corrected chi connectivity index (χ2v) is 3.92. The topological polar surface area (TPSA) is 29.5 Å². The van der Waals surface area contributed by atoms with Gasteiger partial charge in [-0.1, -0.05) is 26.7 Å². The first-order valence-electron chi connectivity index (χ1n) is 5.38. The van der Waals surface area contributed by atoms with Crippen LogP contribution in [0.3, 0.4) is 0 Å². The molecule has 3 nitrogen and oxygen atoms in total. The van der Waals surface area contributed by atoms with E-state index in [0.717, 1.165) is 13.0 Å². The Kier molecular flexibility index (Phi) is 7.48. The van der Waals surface area contributed by atoms with Crippen LogP contribution >= 0.6 is 0 Å². The Morgan fingerprint density at radius 3 is 2.50 bits per heavy atom. The van der Waals surface area contributed by atoms with Crippen LogP contribution in [0.25, 0.3) is 0 Å². The molecule has 0 saturated heterocycles. The van der Waals surface area contributed by atoms with Crippen molar-refractivity contribution in [2.24, 2.45) is 5.92 Å². The lowest BCUT2D eigenvalue weighted by Gasteiger charge is -2.16. The van der Waals surface area contributed by atoms with Crippen molar-refractivity contribution in [3.05, 3.63) is 0 Å². The number of hydrogen-bond donors (Lipinski definition) is 0. The Hall–Kier alpha value is -0.570. The summed E-state index contributed by atoms with van der Waals surface area (Å²) in [6.07, 6.45) is 3.50. The van der Waals surface area contributed by atoms with Crippen LogP contribution in [0, 0.1) is 5.92 Å². The van der Waals surface area contributed by atoms with Crippen LogP contribution in [0.15, 0.2) is 0 Å². The maximum absolute atomic E-state index is 11.4. The molecule has 0 aliphatic rings. The molecule has 0 rings (SSSR count). The third kappa shape index (κ3) is 5.97. The number of nitrogens with zero attached hydrogens (tertiary/aromatic N) is 1. The molecule has 0 aliphatic carbocycles. The fourth-order valence-corrected chi connectivity index (χ4v) is 1.23. The second kappa shape index (κ2) is 7.80. The highest BCUT2D eigenvalue weighted by Crippen LogP contribution is 2.01. The van der Waals surface area contributed by atoms with Crippen molar-refractivity contribution in [3.63, 3.8) is 0 Å². The summed E-state index contributed by atoms with van der Waals surface area (Å²) in [6, 6.07) is 0. The highest BCUT2D eigenvalue weighted by Gasteiger charge is 2.14. The van der Waals surface area contributed by atoms with E-state index in [-0.39, 0.29) is 11.8 Å². The maximum Gasteiger partial charge on any atom is 0.227 e. The van der Waals surface area contributed by atoms with Gasteiger partial charge in [-0.2, -0.15) is 0 Å². The Balaban J connectivity index is 3.44. The van der Waals surface area contributed by atoms with E-state index in [9.17, 15) is 4.79 Å². The molecular weight excluding hydrogens is 178 g/mol. The largest absolute Gasteiger partial charge is 0.381 e. The first-order chi connectivity index (χ1) is 6.59. The van der Waals surface area contributed by atoms with Crippen LogP contribution in [0.2, 0.25) is 0 Å². The molecule has 0 heterocycles. The molecule has 1 atom stereocenters. The van der Waals surface area contributed by atoms with Crippen LogP contribution in [0.1, 0.15) is 33.1 Å². The van der Waals surface area contributed by atoms with Gasteiger partial charge in [0, 0.05) is 20.7 Å². The van der Waals surface area contributed by atoms with Gasteiger partial charge in [0.05, 0.1) is 12.5 Å². The number of carbonyl (C=O) groups excluding carboxylic acids is 1. The van der Waals surface area contributed by atoms with Gasteiger partial charge < -0.3 is 9.64 Å². The maximum atomic E-state index is 11.4. The van der Waals surface area contributed by atoms with Gasteiger partial charge in [0.25, 0.3) is 0 Å². The first-order valence-corrected chi connectivity index (χ1v) is 5.38. The fourth-order valence-electron chi connectivity index (χ4n) is 1.23. The van der Waals surface area contributed by atoms with E-state index in [1.807, 2.05) is 6.92 Å². The zero-order valence-corrected chi connectivity index (χ0v) is 9.88. The third-order valence-corrected chi connectivity index (χ3v) is 2.12. The minimum absolute atomic E-state index is 0.0216. The molecule has 0 spiro atoms. The van der Waals surface area contributed by atoms with Gasteiger partial charge >= 0.3 is 0 Å². The van der Waals surface area contributed by atoms with Crippen molar-refractivity contribution < 1.29 is 9.53 Å². The van der Waals surface area contributed by atoms with E-state index in [4.69, 9.17) is 4.74 Å². The SMILES string of the molecule is CCCCCOCC(C)C(=O)N(C)C. The smallest absolute Gasteiger partial charge is 0.227 e. The van der Waals surface area contributed by atoms with Gasteiger partial charge in [-0.3, -0.25) is 4.79 Å². The van der Waals surface area contributed by atoms with Gasteiger partial charge in [-0.25, -0.2) is 0 Å². The predicted octanol–water partition coefficient (Wildman–Crippen LogP) is 1.92. The van der Waals surface area contributed by atoms with Crippen molar-refractivity contribution >= 4 is 5.91 Å². The molecule has 14 heavy (non-hydrogen) atoms. The summed E-state index contributed by atoms with van der Waals surface area (Å²) >= 11 is 0. The van der Waals surface area contributed by atoms with Crippen LogP contribution in [-0.2, 0) is 9.53 Å². The molecule has 0 aromatic heterocycles. The summed E-state index contributed by atoms with van der Waals surface area (Å²) in [5, 5.41) is 0. The molecule has 1 unspecified atom stereocenters. The normalized spacial score (nSPS) is 12.6. The molecule has 0 aromatic carbocycles. The Labute approximate surface area is 87.4 Å². The summed E-state index contributed by atoms with van der Waals surface area (Å²) in [5.41, 5.74) is 0. The van der Waals surface area contributed by atoms with E-state index in [1.165, 1.54) is 12.8 Å². The van der Waals surface area contributed by atoms with E-state index in [1.54, 1.807) is 19.0 Å². The van der Waals surface area contributed by atoms with E-state index < -0.39 is 0 Å². The minimum atomic E-state index is -0.0216. The van der Waals surface area contributed by atoms with Gasteiger partial charge in [0.1, 0.15) is 0 Å². The summed E-state index contributed by atoms with van der Waals surface area (Å²) < 4.78 is 5.42. The van der Waals surface area contributed by atoms with E-state index >= 15 is 0 Å². The van der Waals surface area contributed by atoms with Crippen molar-refractivity contribution in [1.29, 1.82) is 0 Å². The highest BCUT2D eigenvalue weighted by atomic mass is 16.5. The van der Waals surface area contributed by atoms with E-state index in [2.05, 4.69) is 6.92 Å². The fraction of sp³-hybridized carbons (Fsp3) is 0.909. The average Bonchev–Trinajstić information content (AvgIpc) is 2.16. The highest BCUT2D eigenvalue weighted by molar-refractivity contribution is 5.77. The lowest BCUT2D eigenvalue weighted by atomic mass is 10.2. The Morgan fingerprint density at radius 2 is 2.00 bits per heavy atom. The number of hydrogen-bond acceptors (Lipinski definition) is 2. The molecule has 3 heteroatoms. The number of rotatable bonds is 7. The average molecular weight is 201 g/mol. The standard InChI is InChI=1S/C11H23NO2/c1-5-6-7-8-14-9-10(2)11(13)12(3)4/h10H,5-9H2,1-4H3. The van der Waals surface area contributed by atoms with Crippen LogP contribution < -0.4 is 0 Å². The zero-order valence-electron chi connectivity index (χ0n) is 9.88. The Bertz CT molecular complexity index is 157. The molecule has 0 N–H and O–H groups in total. The molecule has 84 valence electrons. The summed E-state index contributed by atoms with van der Waals surface area (Å²) in [6.45, 7) is 5.39. The summed E-state index contributed by atoms with van der Waals surface area (Å²) in [4.78, 5) is 13.0. The molecule has 0 aliphatic heterocycles. The van der Waals surface area contributed by atoms with Gasteiger partial charge in [-0.15, -0.1) is 0 Å². The van der Waals surface area contributed by atoms with E-state index in [0.29, 0.717) is 6.61 Å². The molecular formula is C11H23NO2. The predicted molar refractivity (Wildman–Crippen MR) is 58.2 cm³/mol. The quantitative estimate of drug-likeness (QED) is 0.589. The summed E-state index contributed by atoms with van der Waals surface area (Å²) in [5.74, 6) is 0.118. The van der Waals surface area contributed by atoms with Crippen LogP contribution in [0.4, 0.5) is 0 Å². The van der Waals surface area contributed by atoms with Crippen molar-refractivity contribution in [1.82, 2.24) is 4.90 Å².